The van der Waals surface area contributed by atoms with E-state index in [1.54, 1.807) is 6.07 Å². The molecule has 1 aromatic heterocycles. The van der Waals surface area contributed by atoms with Gasteiger partial charge in [-0.25, -0.2) is 9.37 Å². The maximum atomic E-state index is 13.4. The summed E-state index contributed by atoms with van der Waals surface area (Å²) in [7, 11) is -0.535. The first kappa shape index (κ1) is 13.8. The molecule has 20 heavy (non-hydrogen) atoms. The summed E-state index contributed by atoms with van der Waals surface area (Å²) in [4.78, 5) is 15.7. The predicted octanol–water partition coefficient (Wildman–Crippen LogP) is 0.693. The molecule has 0 saturated carbocycles. The van der Waals surface area contributed by atoms with Gasteiger partial charge in [0.15, 0.2) is 5.82 Å². The quantitative estimate of drug-likeness (QED) is 0.713. The van der Waals surface area contributed by atoms with Gasteiger partial charge in [0, 0.05) is 0 Å². The molecule has 0 saturated heterocycles. The molecule has 0 aliphatic carbocycles. The highest BCUT2D eigenvalue weighted by atomic mass is 19.1. The number of hydrogen-bond donors (Lipinski definition) is 3. The van der Waals surface area contributed by atoms with E-state index in [0.29, 0.717) is 0 Å². The number of aromatic nitrogens is 1. The lowest BCUT2D eigenvalue weighted by Gasteiger charge is -2.09. The number of amides is 1. The largest absolute Gasteiger partial charge is 0.536 e. The first-order chi connectivity index (χ1) is 9.61. The number of nitrogens with one attached hydrogen (secondary N) is 1. The number of carbonyl (C=O) groups is 1. The van der Waals surface area contributed by atoms with Gasteiger partial charge in [0.25, 0.3) is 5.91 Å². The summed E-state index contributed by atoms with van der Waals surface area (Å²) in [6.45, 7) is 0. The van der Waals surface area contributed by atoms with Crippen LogP contribution in [0, 0.1) is 5.82 Å². The number of nitrogens with two attached hydrogens (primary N) is 1. The maximum Gasteiger partial charge on any atom is 0.504 e. The van der Waals surface area contributed by atoms with Crippen molar-refractivity contribution in [3.05, 3.63) is 47.8 Å². The van der Waals surface area contributed by atoms with E-state index >= 15 is 0 Å². The fourth-order valence-corrected chi connectivity index (χ4v) is 1.55. The van der Waals surface area contributed by atoms with E-state index in [1.807, 2.05) is 0 Å². The topological polar surface area (TPSA) is 97.5 Å². The molecule has 0 fully saturated rings. The van der Waals surface area contributed by atoms with Crippen LogP contribution in [0.3, 0.4) is 0 Å². The van der Waals surface area contributed by atoms with E-state index < -0.39 is 19.4 Å². The summed E-state index contributed by atoms with van der Waals surface area (Å²) in [5, 5.41) is 11.0. The van der Waals surface area contributed by atoms with Crippen LogP contribution in [0.15, 0.2) is 36.4 Å². The Morgan fingerprint density at radius 1 is 1.35 bits per heavy atom. The molecule has 0 atom stereocenters. The molecular weight excluding hydrogens is 264 g/mol. The Morgan fingerprint density at radius 2 is 2.10 bits per heavy atom. The van der Waals surface area contributed by atoms with E-state index in [1.165, 1.54) is 30.3 Å². The average Bonchev–Trinajstić information content (AvgIpc) is 2.42. The SMILES string of the molecule is Nc1nc(NC(=O)c2ccccc2F)ccc1OBO. The maximum absolute atomic E-state index is 13.4. The number of anilines is 2. The normalized spacial score (nSPS) is 9.90. The molecule has 0 aliphatic heterocycles. The van der Waals surface area contributed by atoms with Crippen LogP contribution in [0.25, 0.3) is 0 Å². The van der Waals surface area contributed by atoms with Crippen LogP contribution >= 0.6 is 0 Å². The van der Waals surface area contributed by atoms with Gasteiger partial charge in [0.1, 0.15) is 17.4 Å². The number of nitrogens with zero attached hydrogens (tertiary/aromatic N) is 1. The number of benzene rings is 1. The first-order valence-electron chi connectivity index (χ1n) is 5.68. The average molecular weight is 275 g/mol. The van der Waals surface area contributed by atoms with Crippen molar-refractivity contribution in [3.8, 4) is 5.75 Å². The third kappa shape index (κ3) is 3.04. The smallest absolute Gasteiger partial charge is 0.504 e. The zero-order valence-corrected chi connectivity index (χ0v) is 10.3. The fraction of sp³-hybridized carbons (Fsp3) is 0. The number of nitrogen functional groups attached to an aromatic ring is 1. The van der Waals surface area contributed by atoms with E-state index in [9.17, 15) is 9.18 Å². The van der Waals surface area contributed by atoms with Crippen LogP contribution < -0.4 is 15.7 Å². The van der Waals surface area contributed by atoms with Crippen molar-refractivity contribution in [1.29, 1.82) is 0 Å². The van der Waals surface area contributed by atoms with Gasteiger partial charge < -0.3 is 20.7 Å². The second kappa shape index (κ2) is 6.03. The molecule has 2 rings (SSSR count). The Bertz CT molecular complexity index is 639. The molecule has 6 nitrogen and oxygen atoms in total. The van der Waals surface area contributed by atoms with Crippen LogP contribution in [-0.2, 0) is 0 Å². The first-order valence-corrected chi connectivity index (χ1v) is 5.68. The van der Waals surface area contributed by atoms with E-state index in [2.05, 4.69) is 10.3 Å². The molecular formula is C12H11BFN3O3. The molecule has 0 aliphatic rings. The van der Waals surface area contributed by atoms with E-state index in [0.717, 1.165) is 0 Å². The summed E-state index contributed by atoms with van der Waals surface area (Å²) in [5.41, 5.74) is 5.49. The molecule has 0 unspecified atom stereocenters. The van der Waals surface area contributed by atoms with Gasteiger partial charge in [0.05, 0.1) is 5.56 Å². The highest BCUT2D eigenvalue weighted by Gasteiger charge is 2.12. The molecule has 1 heterocycles. The van der Waals surface area contributed by atoms with Crippen LogP contribution in [0.1, 0.15) is 10.4 Å². The number of halogens is 1. The molecule has 2 aromatic rings. The van der Waals surface area contributed by atoms with E-state index in [4.69, 9.17) is 15.4 Å². The van der Waals surface area contributed by atoms with Gasteiger partial charge >= 0.3 is 7.69 Å². The van der Waals surface area contributed by atoms with Crippen LogP contribution in [0.5, 0.6) is 5.75 Å². The van der Waals surface area contributed by atoms with Gasteiger partial charge in [-0.05, 0) is 24.3 Å². The van der Waals surface area contributed by atoms with Crippen molar-refractivity contribution in [2.45, 2.75) is 0 Å². The number of carbonyl (C=O) groups excluding carboxylic acids is 1. The minimum atomic E-state index is -0.633. The zero-order chi connectivity index (χ0) is 14.5. The Kier molecular flexibility index (Phi) is 4.16. The fourth-order valence-electron chi connectivity index (χ4n) is 1.55. The summed E-state index contributed by atoms with van der Waals surface area (Å²) in [5.74, 6) is -0.910. The Balaban J connectivity index is 2.16. The van der Waals surface area contributed by atoms with Crippen LogP contribution in [0.2, 0.25) is 0 Å². The van der Waals surface area contributed by atoms with Crippen LogP contribution in [-0.4, -0.2) is 23.6 Å². The standard InChI is InChI=1S/C12H11BFN3O3/c14-8-4-2-1-3-7(8)12(18)17-10-6-5-9(20-13-19)11(15)16-10/h1-6,13,19H,(H3,15,16,17,18). The van der Waals surface area contributed by atoms with Crippen LogP contribution in [0.4, 0.5) is 16.0 Å². The van der Waals surface area contributed by atoms with Gasteiger partial charge in [-0.1, -0.05) is 12.1 Å². The van der Waals surface area contributed by atoms with Crippen molar-refractivity contribution < 1.29 is 18.9 Å². The Hall–Kier alpha value is -2.61. The summed E-state index contributed by atoms with van der Waals surface area (Å²) < 4.78 is 18.2. The highest BCUT2D eigenvalue weighted by Crippen LogP contribution is 2.21. The van der Waals surface area contributed by atoms with Crippen molar-refractivity contribution >= 4 is 25.2 Å². The van der Waals surface area contributed by atoms with Crippen molar-refractivity contribution in [1.82, 2.24) is 4.98 Å². The molecule has 102 valence electrons. The summed E-state index contributed by atoms with van der Waals surface area (Å²) in [6, 6.07) is 8.46. The summed E-state index contributed by atoms with van der Waals surface area (Å²) >= 11 is 0. The molecule has 1 aromatic carbocycles. The minimum Gasteiger partial charge on any atom is -0.536 e. The zero-order valence-electron chi connectivity index (χ0n) is 10.3. The predicted molar refractivity (Wildman–Crippen MR) is 73.0 cm³/mol. The van der Waals surface area contributed by atoms with Crippen molar-refractivity contribution in [2.24, 2.45) is 0 Å². The van der Waals surface area contributed by atoms with E-state index in [-0.39, 0.29) is 22.9 Å². The monoisotopic (exact) mass is 275 g/mol. The second-order valence-corrected chi connectivity index (χ2v) is 3.79. The third-order valence-corrected chi connectivity index (χ3v) is 2.47. The number of rotatable bonds is 4. The van der Waals surface area contributed by atoms with Gasteiger partial charge in [-0.2, -0.15) is 0 Å². The Morgan fingerprint density at radius 3 is 2.75 bits per heavy atom. The van der Waals surface area contributed by atoms with Crippen molar-refractivity contribution in [2.75, 3.05) is 11.1 Å². The van der Waals surface area contributed by atoms with Gasteiger partial charge in [-0.15, -0.1) is 0 Å². The minimum absolute atomic E-state index is 0.00498. The lowest BCUT2D eigenvalue weighted by Crippen LogP contribution is -2.15. The molecule has 4 N–H and O–H groups in total. The van der Waals surface area contributed by atoms with Crippen molar-refractivity contribution in [3.63, 3.8) is 0 Å². The molecule has 0 spiro atoms. The third-order valence-electron chi connectivity index (χ3n) is 2.47. The molecule has 8 heteroatoms. The lowest BCUT2D eigenvalue weighted by molar-refractivity contribution is 0.102. The number of pyridine rings is 1. The second-order valence-electron chi connectivity index (χ2n) is 3.79. The molecule has 0 bridgehead atoms. The molecule has 0 radical (unpaired) electrons. The lowest BCUT2D eigenvalue weighted by atomic mass is 10.2. The number of hydrogen-bond acceptors (Lipinski definition) is 5. The molecule has 1 amide bonds. The Labute approximate surface area is 114 Å². The highest BCUT2D eigenvalue weighted by molar-refractivity contribution is 6.17. The van der Waals surface area contributed by atoms with Gasteiger partial charge in [-0.3, -0.25) is 4.79 Å². The van der Waals surface area contributed by atoms with Gasteiger partial charge in [0.2, 0.25) is 0 Å². The summed E-state index contributed by atoms with van der Waals surface area (Å²) in [6.07, 6.45) is 0.